The van der Waals surface area contributed by atoms with E-state index in [9.17, 15) is 19.1 Å². The molecule has 0 bridgehead atoms. The average molecular weight is 468 g/mol. The highest BCUT2D eigenvalue weighted by molar-refractivity contribution is 9.10. The maximum atomic E-state index is 13.4. The first-order valence-electron chi connectivity index (χ1n) is 9.46. The molecule has 6 heteroatoms. The molecule has 0 aromatic heterocycles. The number of rotatable bonds is 5. The minimum absolute atomic E-state index is 0.242. The van der Waals surface area contributed by atoms with Gasteiger partial charge in [-0.15, -0.1) is 0 Å². The number of amides is 1. The van der Waals surface area contributed by atoms with Gasteiger partial charge >= 0.3 is 0 Å². The Balaban J connectivity index is 1.71. The maximum Gasteiger partial charge on any atom is 0.264 e. The molecule has 4 nitrogen and oxygen atoms in total. The number of Topliss-reactive ketones (excluding diaryl/α,β-unsaturated/α-hetero) is 1. The molecule has 1 aliphatic heterocycles. The molecule has 1 aliphatic rings. The summed E-state index contributed by atoms with van der Waals surface area (Å²) in [6, 6.07) is 18.1. The molecule has 1 atom stereocenters. The summed E-state index contributed by atoms with van der Waals surface area (Å²) < 4.78 is 13.9. The van der Waals surface area contributed by atoms with Crippen LogP contribution in [-0.2, 0) is 16.9 Å². The van der Waals surface area contributed by atoms with Gasteiger partial charge in [-0.1, -0.05) is 45.8 Å². The summed E-state index contributed by atoms with van der Waals surface area (Å²) >= 11 is 3.38. The van der Waals surface area contributed by atoms with Crippen molar-refractivity contribution in [3.05, 3.63) is 99.3 Å². The van der Waals surface area contributed by atoms with Gasteiger partial charge in [-0.05, 0) is 55.0 Å². The van der Waals surface area contributed by atoms with E-state index in [1.54, 1.807) is 18.2 Å². The Bertz CT molecular complexity index is 1150. The summed E-state index contributed by atoms with van der Waals surface area (Å²) in [5.74, 6) is -1.44. The molecule has 1 heterocycles. The number of hydrogen-bond donors (Lipinski definition) is 1. The van der Waals surface area contributed by atoms with Crippen LogP contribution >= 0.6 is 15.9 Å². The normalized spacial score (nSPS) is 17.9. The lowest BCUT2D eigenvalue weighted by atomic mass is 9.88. The van der Waals surface area contributed by atoms with Gasteiger partial charge < -0.3 is 10.0 Å². The number of hydrogen-bond acceptors (Lipinski definition) is 3. The maximum absolute atomic E-state index is 13.4. The van der Waals surface area contributed by atoms with Crippen molar-refractivity contribution in [2.45, 2.75) is 25.5 Å². The minimum Gasteiger partial charge on any atom is -0.375 e. The van der Waals surface area contributed by atoms with E-state index >= 15 is 0 Å². The van der Waals surface area contributed by atoms with Crippen LogP contribution in [-0.4, -0.2) is 16.8 Å². The number of nitrogens with zero attached hydrogens (tertiary/aromatic N) is 1. The van der Waals surface area contributed by atoms with Crippen LogP contribution in [0.5, 0.6) is 0 Å². The lowest BCUT2D eigenvalue weighted by Gasteiger charge is -2.23. The Morgan fingerprint density at radius 3 is 2.53 bits per heavy atom. The van der Waals surface area contributed by atoms with Crippen LogP contribution in [0, 0.1) is 12.7 Å². The second-order valence-electron chi connectivity index (χ2n) is 7.51. The lowest BCUT2D eigenvalue weighted by molar-refractivity contribution is -0.136. The summed E-state index contributed by atoms with van der Waals surface area (Å²) in [4.78, 5) is 27.7. The third-order valence-corrected chi connectivity index (χ3v) is 5.79. The molecule has 30 heavy (non-hydrogen) atoms. The predicted molar refractivity (Wildman–Crippen MR) is 116 cm³/mol. The molecule has 152 valence electrons. The number of anilines is 1. The molecule has 0 saturated heterocycles. The van der Waals surface area contributed by atoms with Crippen LogP contribution in [0.4, 0.5) is 10.1 Å². The van der Waals surface area contributed by atoms with E-state index in [4.69, 9.17) is 0 Å². The summed E-state index contributed by atoms with van der Waals surface area (Å²) in [6.07, 6.45) is -0.425. The Labute approximate surface area is 182 Å². The molecule has 3 aromatic rings. The van der Waals surface area contributed by atoms with Crippen molar-refractivity contribution in [2.75, 3.05) is 4.90 Å². The van der Waals surface area contributed by atoms with Crippen molar-refractivity contribution in [3.8, 4) is 0 Å². The van der Waals surface area contributed by atoms with Gasteiger partial charge in [-0.2, -0.15) is 0 Å². The molecule has 4 rings (SSSR count). The first kappa shape index (κ1) is 20.4. The van der Waals surface area contributed by atoms with Crippen molar-refractivity contribution in [3.63, 3.8) is 0 Å². The molecule has 1 amide bonds. The van der Waals surface area contributed by atoms with Crippen molar-refractivity contribution in [1.82, 2.24) is 0 Å². The largest absolute Gasteiger partial charge is 0.375 e. The molecule has 0 aliphatic carbocycles. The summed E-state index contributed by atoms with van der Waals surface area (Å²) in [7, 11) is 0. The van der Waals surface area contributed by atoms with Crippen molar-refractivity contribution in [2.24, 2.45) is 0 Å². The number of aliphatic hydroxyl groups is 1. The zero-order chi connectivity index (χ0) is 21.5. The van der Waals surface area contributed by atoms with Gasteiger partial charge in [0.2, 0.25) is 0 Å². The Hall–Kier alpha value is -2.83. The second kappa shape index (κ2) is 7.78. The van der Waals surface area contributed by atoms with Gasteiger partial charge in [0.05, 0.1) is 18.7 Å². The molecule has 0 fully saturated rings. The Morgan fingerprint density at radius 1 is 1.10 bits per heavy atom. The second-order valence-corrected chi connectivity index (χ2v) is 8.42. The van der Waals surface area contributed by atoms with Crippen LogP contribution in [0.15, 0.2) is 71.2 Å². The van der Waals surface area contributed by atoms with Crippen molar-refractivity contribution >= 4 is 33.3 Å². The average Bonchev–Trinajstić information content (AvgIpc) is 2.90. The quantitative estimate of drug-likeness (QED) is 0.542. The minimum atomic E-state index is -1.99. The van der Waals surface area contributed by atoms with Crippen LogP contribution in [0.1, 0.15) is 33.5 Å². The zero-order valence-electron chi connectivity index (χ0n) is 16.2. The smallest absolute Gasteiger partial charge is 0.264 e. The van der Waals surface area contributed by atoms with E-state index in [1.165, 1.54) is 29.2 Å². The van der Waals surface area contributed by atoms with E-state index in [2.05, 4.69) is 15.9 Å². The number of benzene rings is 3. The standard InChI is InChI=1S/C24H19BrFNO3/c1-15-3-2-4-16(11-15)14-27-21-10-7-18(25)12-20(21)24(30,23(27)29)13-22(28)17-5-8-19(26)9-6-17/h2-12,30H,13-14H2,1H3. The number of halogens is 2. The molecule has 0 spiro atoms. The van der Waals surface area contributed by atoms with Crippen molar-refractivity contribution < 1.29 is 19.1 Å². The van der Waals surface area contributed by atoms with E-state index < -0.39 is 29.5 Å². The van der Waals surface area contributed by atoms with Gasteiger partial charge in [-0.3, -0.25) is 9.59 Å². The fourth-order valence-corrected chi connectivity index (χ4v) is 4.17. The highest BCUT2D eigenvalue weighted by Gasteiger charge is 2.51. The van der Waals surface area contributed by atoms with Crippen LogP contribution in [0.2, 0.25) is 0 Å². The molecule has 3 aromatic carbocycles. The summed E-state index contributed by atoms with van der Waals surface area (Å²) in [5.41, 5.74) is 1.19. The molecule has 1 N–H and O–H groups in total. The number of fused-ring (bicyclic) bond motifs is 1. The molecule has 0 radical (unpaired) electrons. The van der Waals surface area contributed by atoms with Gasteiger partial charge in [0.15, 0.2) is 11.4 Å². The van der Waals surface area contributed by atoms with Gasteiger partial charge in [0.25, 0.3) is 5.91 Å². The van der Waals surface area contributed by atoms with E-state index in [-0.39, 0.29) is 12.1 Å². The molecular formula is C24H19BrFNO3. The van der Waals surface area contributed by atoms with Crippen molar-refractivity contribution in [1.29, 1.82) is 0 Å². The molecule has 1 unspecified atom stereocenters. The fraction of sp³-hybridized carbons (Fsp3) is 0.167. The third-order valence-electron chi connectivity index (χ3n) is 5.30. The highest BCUT2D eigenvalue weighted by atomic mass is 79.9. The van der Waals surface area contributed by atoms with Gasteiger partial charge in [0.1, 0.15) is 5.82 Å². The predicted octanol–water partition coefficient (Wildman–Crippen LogP) is 4.90. The van der Waals surface area contributed by atoms with Gasteiger partial charge in [0, 0.05) is 15.6 Å². The van der Waals surface area contributed by atoms with Gasteiger partial charge in [-0.25, -0.2) is 4.39 Å². The Morgan fingerprint density at radius 2 is 1.83 bits per heavy atom. The number of ketones is 1. The summed E-state index contributed by atoms with van der Waals surface area (Å²) in [5, 5.41) is 11.4. The Kier molecular flexibility index (Phi) is 5.30. The monoisotopic (exact) mass is 467 g/mol. The third kappa shape index (κ3) is 3.68. The highest BCUT2D eigenvalue weighted by Crippen LogP contribution is 2.44. The zero-order valence-corrected chi connectivity index (χ0v) is 17.8. The lowest BCUT2D eigenvalue weighted by Crippen LogP contribution is -2.41. The number of carbonyl (C=O) groups is 2. The summed E-state index contributed by atoms with van der Waals surface area (Å²) in [6.45, 7) is 2.25. The number of aryl methyl sites for hydroxylation is 1. The first-order valence-corrected chi connectivity index (χ1v) is 10.3. The van der Waals surface area contributed by atoms with E-state index in [1.807, 2.05) is 31.2 Å². The fourth-order valence-electron chi connectivity index (χ4n) is 3.81. The van der Waals surface area contributed by atoms with Crippen LogP contribution < -0.4 is 4.90 Å². The molecule has 0 saturated carbocycles. The SMILES string of the molecule is Cc1cccc(CN2C(=O)C(O)(CC(=O)c3ccc(F)cc3)c3cc(Br)ccc32)c1. The molecular weight excluding hydrogens is 449 g/mol. The number of carbonyl (C=O) groups excluding carboxylic acids is 2. The van der Waals surface area contributed by atoms with Crippen LogP contribution in [0.25, 0.3) is 0 Å². The van der Waals surface area contributed by atoms with E-state index in [0.717, 1.165) is 11.1 Å². The van der Waals surface area contributed by atoms with Crippen LogP contribution in [0.3, 0.4) is 0 Å². The van der Waals surface area contributed by atoms with E-state index in [0.29, 0.717) is 15.7 Å². The topological polar surface area (TPSA) is 57.6 Å². The first-order chi connectivity index (χ1) is 14.3.